The van der Waals surface area contributed by atoms with Crippen LogP contribution in [0.2, 0.25) is 0 Å². The summed E-state index contributed by atoms with van der Waals surface area (Å²) < 4.78 is 12.0. The number of nitro groups is 1. The summed E-state index contributed by atoms with van der Waals surface area (Å²) in [6, 6.07) is 2.82. The molecule has 1 aromatic heterocycles. The third-order valence-electron chi connectivity index (χ3n) is 2.95. The maximum absolute atomic E-state index is 12.0. The molecule has 0 saturated carbocycles. The van der Waals surface area contributed by atoms with E-state index in [0.717, 1.165) is 32.1 Å². The van der Waals surface area contributed by atoms with Gasteiger partial charge in [0, 0.05) is 11.8 Å². The molecule has 1 fully saturated rings. The van der Waals surface area contributed by atoms with E-state index in [4.69, 9.17) is 0 Å². The van der Waals surface area contributed by atoms with Gasteiger partial charge in [0.15, 0.2) is 0 Å². The van der Waals surface area contributed by atoms with Crippen molar-refractivity contribution in [2.75, 3.05) is 18.8 Å². The zero-order valence-electron chi connectivity index (χ0n) is 9.87. The molecule has 98 valence electrons. The van der Waals surface area contributed by atoms with Crippen LogP contribution in [0, 0.1) is 16.0 Å². The van der Waals surface area contributed by atoms with Crippen LogP contribution in [0.3, 0.4) is 0 Å². The van der Waals surface area contributed by atoms with Crippen LogP contribution in [-0.4, -0.2) is 33.0 Å². The molecule has 1 saturated heterocycles. The Balaban J connectivity index is 1.97. The monoisotopic (exact) mass is 269 g/mol. The minimum Gasteiger partial charge on any atom is -0.316 e. The van der Waals surface area contributed by atoms with E-state index >= 15 is 0 Å². The fraction of sp³-hybridized carbons (Fsp3) is 0.545. The molecule has 0 spiro atoms. The number of aromatic nitrogens is 1. The largest absolute Gasteiger partial charge is 0.316 e. The molecule has 6 nitrogen and oxygen atoms in total. The van der Waals surface area contributed by atoms with E-state index in [0.29, 0.717) is 16.7 Å². The Morgan fingerprint density at radius 3 is 2.94 bits per heavy atom. The van der Waals surface area contributed by atoms with Gasteiger partial charge in [0.2, 0.25) is 0 Å². The van der Waals surface area contributed by atoms with Gasteiger partial charge in [-0.1, -0.05) is 0 Å². The number of nitrogens with zero attached hydrogens (tertiary/aromatic N) is 2. The lowest BCUT2D eigenvalue weighted by molar-refractivity contribution is -0.385. The summed E-state index contributed by atoms with van der Waals surface area (Å²) in [6.07, 6.45) is 3.34. The van der Waals surface area contributed by atoms with E-state index in [1.807, 2.05) is 0 Å². The van der Waals surface area contributed by atoms with Crippen LogP contribution >= 0.6 is 0 Å². The van der Waals surface area contributed by atoms with E-state index in [2.05, 4.69) is 10.3 Å². The molecule has 1 aliphatic heterocycles. The molecule has 0 bridgehead atoms. The Labute approximate surface area is 107 Å². The molecule has 2 rings (SSSR count). The fourth-order valence-corrected chi connectivity index (χ4v) is 3.25. The van der Waals surface area contributed by atoms with Crippen molar-refractivity contribution in [3.8, 4) is 0 Å². The maximum Gasteiger partial charge on any atom is 0.287 e. The molecule has 2 heterocycles. The standard InChI is InChI=1S/C11H15N3O3S/c15-14(16)10-3-4-11(13-7-10)18(17)8-9-2-1-5-12-6-9/h3-4,7,9,12H,1-2,5-6,8H2/t9-,18+/m1/s1. The zero-order chi connectivity index (χ0) is 13.0. The van der Waals surface area contributed by atoms with E-state index in [1.165, 1.54) is 12.1 Å². The first-order valence-electron chi connectivity index (χ1n) is 5.86. The Morgan fingerprint density at radius 1 is 1.56 bits per heavy atom. The second kappa shape index (κ2) is 6.01. The SMILES string of the molecule is O=[N+]([O-])c1ccc([S@@](=O)C[C@@H]2CCCNC2)nc1. The van der Waals surface area contributed by atoms with Crippen molar-refractivity contribution in [2.24, 2.45) is 5.92 Å². The molecule has 0 unspecified atom stereocenters. The molecule has 0 aromatic carbocycles. The van der Waals surface area contributed by atoms with E-state index in [-0.39, 0.29) is 5.69 Å². The van der Waals surface area contributed by atoms with E-state index in [9.17, 15) is 14.3 Å². The van der Waals surface area contributed by atoms with Gasteiger partial charge in [-0.05, 0) is 37.9 Å². The molecular formula is C11H15N3O3S. The molecule has 1 aliphatic rings. The Morgan fingerprint density at radius 2 is 2.39 bits per heavy atom. The van der Waals surface area contributed by atoms with Crippen LogP contribution in [0.1, 0.15) is 12.8 Å². The highest BCUT2D eigenvalue weighted by molar-refractivity contribution is 7.84. The van der Waals surface area contributed by atoms with Crippen LogP contribution in [0.25, 0.3) is 0 Å². The zero-order valence-corrected chi connectivity index (χ0v) is 10.7. The first kappa shape index (κ1) is 13.1. The van der Waals surface area contributed by atoms with Crippen molar-refractivity contribution in [1.29, 1.82) is 0 Å². The van der Waals surface area contributed by atoms with Crippen molar-refractivity contribution in [2.45, 2.75) is 17.9 Å². The van der Waals surface area contributed by atoms with Crippen LogP contribution in [0.4, 0.5) is 5.69 Å². The molecule has 1 aromatic rings. The summed E-state index contributed by atoms with van der Waals surface area (Å²) in [6.45, 7) is 1.91. The molecule has 7 heteroatoms. The van der Waals surface area contributed by atoms with E-state index in [1.54, 1.807) is 0 Å². The van der Waals surface area contributed by atoms with Gasteiger partial charge >= 0.3 is 0 Å². The number of pyridine rings is 1. The topological polar surface area (TPSA) is 85.1 Å². The molecule has 0 amide bonds. The molecule has 0 aliphatic carbocycles. The number of rotatable bonds is 4. The highest BCUT2D eigenvalue weighted by Gasteiger charge is 2.18. The summed E-state index contributed by atoms with van der Waals surface area (Å²) in [4.78, 5) is 13.9. The summed E-state index contributed by atoms with van der Waals surface area (Å²) in [7, 11) is -1.18. The smallest absolute Gasteiger partial charge is 0.287 e. The first-order valence-corrected chi connectivity index (χ1v) is 7.18. The van der Waals surface area contributed by atoms with Crippen LogP contribution in [0.15, 0.2) is 23.4 Å². The van der Waals surface area contributed by atoms with Gasteiger partial charge in [-0.2, -0.15) is 0 Å². The van der Waals surface area contributed by atoms with Crippen LogP contribution < -0.4 is 5.32 Å². The summed E-state index contributed by atoms with van der Waals surface area (Å²) in [5, 5.41) is 14.2. The summed E-state index contributed by atoms with van der Waals surface area (Å²) >= 11 is 0. The van der Waals surface area contributed by atoms with Crippen LogP contribution in [0.5, 0.6) is 0 Å². The molecule has 0 radical (unpaired) electrons. The number of hydrogen-bond acceptors (Lipinski definition) is 5. The molecule has 18 heavy (non-hydrogen) atoms. The van der Waals surface area contributed by atoms with Gasteiger partial charge in [0.05, 0.1) is 15.7 Å². The van der Waals surface area contributed by atoms with Gasteiger partial charge in [-0.15, -0.1) is 0 Å². The molecular weight excluding hydrogens is 254 g/mol. The lowest BCUT2D eigenvalue weighted by atomic mass is 10.0. The molecule has 2 atom stereocenters. The maximum atomic E-state index is 12.0. The van der Waals surface area contributed by atoms with Gasteiger partial charge in [-0.25, -0.2) is 4.98 Å². The fourth-order valence-electron chi connectivity index (χ4n) is 1.98. The van der Waals surface area contributed by atoms with Crippen molar-refractivity contribution in [1.82, 2.24) is 10.3 Å². The Hall–Kier alpha value is -1.34. The minimum absolute atomic E-state index is 0.0740. The summed E-state index contributed by atoms with van der Waals surface area (Å²) in [5.41, 5.74) is -0.0740. The Bertz CT molecular complexity index is 443. The van der Waals surface area contributed by atoms with Gasteiger partial charge < -0.3 is 5.32 Å². The predicted octanol–water partition coefficient (Wildman–Crippen LogP) is 1.10. The minimum atomic E-state index is -1.18. The quantitative estimate of drug-likeness (QED) is 0.653. The first-order chi connectivity index (χ1) is 8.66. The lowest BCUT2D eigenvalue weighted by Crippen LogP contribution is -2.32. The second-order valence-corrected chi connectivity index (χ2v) is 5.78. The number of nitrogens with one attached hydrogen (secondary N) is 1. The van der Waals surface area contributed by atoms with Crippen LogP contribution in [-0.2, 0) is 10.8 Å². The van der Waals surface area contributed by atoms with Gasteiger partial charge in [0.25, 0.3) is 5.69 Å². The third kappa shape index (κ3) is 3.33. The normalized spacial score (nSPS) is 21.4. The van der Waals surface area contributed by atoms with Crippen molar-refractivity contribution >= 4 is 16.5 Å². The average Bonchev–Trinajstić information content (AvgIpc) is 2.40. The number of hydrogen-bond donors (Lipinski definition) is 1. The van der Waals surface area contributed by atoms with Gasteiger partial charge in [0.1, 0.15) is 11.2 Å². The second-order valence-electron chi connectivity index (χ2n) is 4.34. The predicted molar refractivity (Wildman–Crippen MR) is 67.8 cm³/mol. The molecule has 1 N–H and O–H groups in total. The highest BCUT2D eigenvalue weighted by atomic mass is 32.2. The van der Waals surface area contributed by atoms with Gasteiger partial charge in [-0.3, -0.25) is 14.3 Å². The third-order valence-corrected chi connectivity index (χ3v) is 4.43. The number of piperidine rings is 1. The van der Waals surface area contributed by atoms with Crippen molar-refractivity contribution < 1.29 is 9.13 Å². The van der Waals surface area contributed by atoms with Crippen molar-refractivity contribution in [3.05, 3.63) is 28.4 Å². The van der Waals surface area contributed by atoms with E-state index < -0.39 is 15.7 Å². The highest BCUT2D eigenvalue weighted by Crippen LogP contribution is 2.16. The van der Waals surface area contributed by atoms with Crippen molar-refractivity contribution in [3.63, 3.8) is 0 Å². The Kier molecular flexibility index (Phi) is 4.38. The average molecular weight is 269 g/mol. The summed E-state index contributed by atoms with van der Waals surface area (Å²) in [5.74, 6) is 0.967. The lowest BCUT2D eigenvalue weighted by Gasteiger charge is -2.21.